The predicted octanol–water partition coefficient (Wildman–Crippen LogP) is 3.54. The molecule has 1 nitrogen and oxygen atoms in total. The lowest BCUT2D eigenvalue weighted by Gasteiger charge is -2.40. The molecule has 1 rings (SSSR count). The molecule has 0 atom stereocenters. The number of ether oxygens (including phenoxy) is 1. The Bertz CT molecular complexity index is 162. The first kappa shape index (κ1) is 12.4. The molecular weight excluding hydrogens is 192 g/mol. The van der Waals surface area contributed by atoms with Crippen LogP contribution < -0.4 is 0 Å². The average molecular weight is 216 g/mol. The van der Waals surface area contributed by atoms with E-state index < -0.39 is 0 Å². The molecule has 1 fully saturated rings. The van der Waals surface area contributed by atoms with Crippen LogP contribution in [0.1, 0.15) is 46.5 Å². The topological polar surface area (TPSA) is 9.23 Å². The zero-order valence-electron chi connectivity index (χ0n) is 9.81. The predicted molar refractivity (Wildman–Crippen MR) is 65.0 cm³/mol. The summed E-state index contributed by atoms with van der Waals surface area (Å²) in [7, 11) is 0. The first-order valence-electron chi connectivity index (χ1n) is 5.66. The minimum absolute atomic E-state index is 0.397. The number of rotatable bonds is 5. The summed E-state index contributed by atoms with van der Waals surface area (Å²) in [4.78, 5) is 0. The largest absolute Gasteiger partial charge is 0.381 e. The maximum atomic E-state index is 5.76. The minimum Gasteiger partial charge on any atom is -0.381 e. The van der Waals surface area contributed by atoms with Crippen molar-refractivity contribution in [3.63, 3.8) is 0 Å². The van der Waals surface area contributed by atoms with E-state index in [1.807, 2.05) is 0 Å². The van der Waals surface area contributed by atoms with Crippen molar-refractivity contribution in [1.82, 2.24) is 0 Å². The second-order valence-corrected chi connectivity index (χ2v) is 6.19. The van der Waals surface area contributed by atoms with Crippen LogP contribution in [0, 0.1) is 10.8 Å². The molecule has 84 valence electrons. The van der Waals surface area contributed by atoms with E-state index in [9.17, 15) is 0 Å². The zero-order valence-corrected chi connectivity index (χ0v) is 10.7. The van der Waals surface area contributed by atoms with Crippen LogP contribution in [-0.4, -0.2) is 19.0 Å². The van der Waals surface area contributed by atoms with Crippen LogP contribution in [0.4, 0.5) is 0 Å². The van der Waals surface area contributed by atoms with Crippen LogP contribution in [0.25, 0.3) is 0 Å². The Hall–Kier alpha value is 0.310. The molecule has 2 heteroatoms. The summed E-state index contributed by atoms with van der Waals surface area (Å²) in [6, 6.07) is 0. The number of thiol groups is 1. The smallest absolute Gasteiger partial charge is 0.0530 e. The Morgan fingerprint density at radius 2 is 1.93 bits per heavy atom. The van der Waals surface area contributed by atoms with Gasteiger partial charge in [-0.3, -0.25) is 0 Å². The Morgan fingerprint density at radius 1 is 1.29 bits per heavy atom. The van der Waals surface area contributed by atoms with Crippen molar-refractivity contribution >= 4 is 12.6 Å². The zero-order chi connectivity index (χ0) is 10.7. The van der Waals surface area contributed by atoms with Crippen LogP contribution in [0.2, 0.25) is 0 Å². The SMILES string of the molecule is CC(C)(C)CCOCC1(CS)CCC1. The Labute approximate surface area is 94.0 Å². The molecule has 0 bridgehead atoms. The normalized spacial score (nSPS) is 20.6. The molecule has 0 amide bonds. The first-order valence-corrected chi connectivity index (χ1v) is 6.29. The molecule has 0 aromatic heterocycles. The van der Waals surface area contributed by atoms with Gasteiger partial charge in [0.25, 0.3) is 0 Å². The van der Waals surface area contributed by atoms with Gasteiger partial charge < -0.3 is 4.74 Å². The molecule has 1 saturated carbocycles. The summed E-state index contributed by atoms with van der Waals surface area (Å²) < 4.78 is 5.76. The summed E-state index contributed by atoms with van der Waals surface area (Å²) in [5, 5.41) is 0. The molecule has 0 aromatic carbocycles. The van der Waals surface area contributed by atoms with Crippen molar-refractivity contribution in [3.05, 3.63) is 0 Å². The number of hydrogen-bond acceptors (Lipinski definition) is 2. The van der Waals surface area contributed by atoms with Gasteiger partial charge in [-0.25, -0.2) is 0 Å². The van der Waals surface area contributed by atoms with E-state index in [1.54, 1.807) is 0 Å². The van der Waals surface area contributed by atoms with E-state index in [-0.39, 0.29) is 0 Å². The van der Waals surface area contributed by atoms with E-state index in [0.29, 0.717) is 10.8 Å². The summed E-state index contributed by atoms with van der Waals surface area (Å²) in [5.74, 6) is 0.989. The molecule has 0 radical (unpaired) electrons. The minimum atomic E-state index is 0.397. The second kappa shape index (κ2) is 4.89. The monoisotopic (exact) mass is 216 g/mol. The van der Waals surface area contributed by atoms with Crippen LogP contribution >= 0.6 is 12.6 Å². The van der Waals surface area contributed by atoms with Crippen molar-refractivity contribution in [2.75, 3.05) is 19.0 Å². The fourth-order valence-electron chi connectivity index (χ4n) is 1.69. The Balaban J connectivity index is 2.09. The molecule has 0 heterocycles. The second-order valence-electron chi connectivity index (χ2n) is 5.87. The van der Waals surface area contributed by atoms with Gasteiger partial charge in [-0.1, -0.05) is 27.2 Å². The van der Waals surface area contributed by atoms with E-state index in [4.69, 9.17) is 4.74 Å². The van der Waals surface area contributed by atoms with Gasteiger partial charge in [-0.15, -0.1) is 0 Å². The lowest BCUT2D eigenvalue weighted by atomic mass is 9.71. The molecule has 1 aliphatic rings. The van der Waals surface area contributed by atoms with Crippen molar-refractivity contribution in [2.24, 2.45) is 10.8 Å². The van der Waals surface area contributed by atoms with Crippen LogP contribution in [0.15, 0.2) is 0 Å². The van der Waals surface area contributed by atoms with Crippen molar-refractivity contribution in [1.29, 1.82) is 0 Å². The summed E-state index contributed by atoms with van der Waals surface area (Å²) in [6.45, 7) is 8.60. The summed E-state index contributed by atoms with van der Waals surface area (Å²) >= 11 is 4.41. The third kappa shape index (κ3) is 3.82. The third-order valence-electron chi connectivity index (χ3n) is 3.15. The van der Waals surface area contributed by atoms with E-state index in [2.05, 4.69) is 33.4 Å². The summed E-state index contributed by atoms with van der Waals surface area (Å²) in [5.41, 5.74) is 0.828. The lowest BCUT2D eigenvalue weighted by Crippen LogP contribution is -2.36. The van der Waals surface area contributed by atoms with Gasteiger partial charge in [0.05, 0.1) is 6.61 Å². The highest BCUT2D eigenvalue weighted by Crippen LogP contribution is 2.42. The quantitative estimate of drug-likeness (QED) is 0.546. The fourth-order valence-corrected chi connectivity index (χ4v) is 2.10. The molecule has 0 aromatic rings. The van der Waals surface area contributed by atoms with Gasteiger partial charge in [-0.05, 0) is 30.4 Å². The average Bonchev–Trinajstić information content (AvgIpc) is 2.00. The number of hydrogen-bond donors (Lipinski definition) is 1. The molecule has 0 saturated heterocycles. The van der Waals surface area contributed by atoms with Crippen molar-refractivity contribution in [2.45, 2.75) is 46.5 Å². The van der Waals surface area contributed by atoms with Gasteiger partial charge in [0.1, 0.15) is 0 Å². The van der Waals surface area contributed by atoms with E-state index in [1.165, 1.54) is 19.3 Å². The standard InChI is InChI=1S/C12H24OS/c1-11(2,3)7-8-13-9-12(10-14)5-4-6-12/h14H,4-10H2,1-3H3. The lowest BCUT2D eigenvalue weighted by molar-refractivity contribution is 0.00208. The van der Waals surface area contributed by atoms with Gasteiger partial charge in [0.15, 0.2) is 0 Å². The maximum absolute atomic E-state index is 5.76. The van der Waals surface area contributed by atoms with Crippen molar-refractivity contribution < 1.29 is 4.74 Å². The Morgan fingerprint density at radius 3 is 2.29 bits per heavy atom. The maximum Gasteiger partial charge on any atom is 0.0530 e. The Kier molecular flexibility index (Phi) is 4.32. The molecule has 0 N–H and O–H groups in total. The molecule has 0 aliphatic heterocycles. The van der Waals surface area contributed by atoms with Gasteiger partial charge >= 0.3 is 0 Å². The van der Waals surface area contributed by atoms with Crippen LogP contribution in [0.5, 0.6) is 0 Å². The van der Waals surface area contributed by atoms with Crippen LogP contribution in [0.3, 0.4) is 0 Å². The molecule has 0 unspecified atom stereocenters. The third-order valence-corrected chi connectivity index (χ3v) is 3.83. The fraction of sp³-hybridized carbons (Fsp3) is 1.00. The van der Waals surface area contributed by atoms with E-state index >= 15 is 0 Å². The van der Waals surface area contributed by atoms with Crippen molar-refractivity contribution in [3.8, 4) is 0 Å². The summed E-state index contributed by atoms with van der Waals surface area (Å²) in [6.07, 6.45) is 5.14. The molecular formula is C12H24OS. The highest BCUT2D eigenvalue weighted by molar-refractivity contribution is 7.80. The highest BCUT2D eigenvalue weighted by atomic mass is 32.1. The first-order chi connectivity index (χ1) is 6.47. The molecule has 1 aliphatic carbocycles. The van der Waals surface area contributed by atoms with Crippen LogP contribution in [-0.2, 0) is 4.74 Å². The van der Waals surface area contributed by atoms with Gasteiger partial charge in [-0.2, -0.15) is 12.6 Å². The molecule has 0 spiro atoms. The molecule has 14 heavy (non-hydrogen) atoms. The highest BCUT2D eigenvalue weighted by Gasteiger charge is 2.35. The van der Waals surface area contributed by atoms with Gasteiger partial charge in [0.2, 0.25) is 0 Å². The van der Waals surface area contributed by atoms with E-state index in [0.717, 1.165) is 25.4 Å². The van der Waals surface area contributed by atoms with Gasteiger partial charge in [0, 0.05) is 12.0 Å².